The summed E-state index contributed by atoms with van der Waals surface area (Å²) in [5, 5.41) is 0. The monoisotopic (exact) mass is 1060 g/mol. The highest BCUT2D eigenvalue weighted by molar-refractivity contribution is 5.71. The van der Waals surface area contributed by atoms with Gasteiger partial charge in [-0.2, -0.15) is 0 Å². The van der Waals surface area contributed by atoms with Crippen LogP contribution in [0.3, 0.4) is 0 Å². The predicted molar refractivity (Wildman–Crippen MR) is 330 cm³/mol. The number of allylic oxidation sites excluding steroid dienone is 10. The van der Waals surface area contributed by atoms with Crippen molar-refractivity contribution in [2.45, 2.75) is 354 Å². The van der Waals surface area contributed by atoms with E-state index in [2.05, 4.69) is 81.5 Å². The zero-order chi connectivity index (χ0) is 55.0. The van der Waals surface area contributed by atoms with Gasteiger partial charge in [0, 0.05) is 19.3 Å². The Morgan fingerprint density at radius 3 is 0.803 bits per heavy atom. The van der Waals surface area contributed by atoms with Gasteiger partial charge in [-0.3, -0.25) is 14.4 Å². The number of unbranched alkanes of at least 4 members (excludes halogenated alkanes) is 40. The minimum Gasteiger partial charge on any atom is -0.462 e. The van der Waals surface area contributed by atoms with Crippen LogP contribution >= 0.6 is 0 Å². The third-order valence-electron chi connectivity index (χ3n) is 14.8. The van der Waals surface area contributed by atoms with Crippen molar-refractivity contribution in [2.24, 2.45) is 0 Å². The van der Waals surface area contributed by atoms with E-state index >= 15 is 0 Å². The highest BCUT2D eigenvalue weighted by atomic mass is 16.6. The molecule has 0 aromatic rings. The smallest absolute Gasteiger partial charge is 0.306 e. The van der Waals surface area contributed by atoms with Crippen molar-refractivity contribution in [3.63, 3.8) is 0 Å². The molecule has 442 valence electrons. The number of ether oxygens (including phenoxy) is 3. The summed E-state index contributed by atoms with van der Waals surface area (Å²) in [6.45, 7) is 6.58. The van der Waals surface area contributed by atoms with E-state index in [-0.39, 0.29) is 31.1 Å². The topological polar surface area (TPSA) is 78.9 Å². The molecule has 76 heavy (non-hydrogen) atoms. The van der Waals surface area contributed by atoms with Crippen LogP contribution in [0.2, 0.25) is 0 Å². The Morgan fingerprint density at radius 2 is 0.513 bits per heavy atom. The first-order valence-corrected chi connectivity index (χ1v) is 33.3. The maximum absolute atomic E-state index is 12.9. The first-order valence-electron chi connectivity index (χ1n) is 33.3. The maximum atomic E-state index is 12.9. The van der Waals surface area contributed by atoms with E-state index in [4.69, 9.17) is 14.2 Å². The Hall–Kier alpha value is -2.89. The summed E-state index contributed by atoms with van der Waals surface area (Å²) in [4.78, 5) is 38.3. The van der Waals surface area contributed by atoms with Crippen LogP contribution in [0.4, 0.5) is 0 Å². The zero-order valence-corrected chi connectivity index (χ0v) is 50.8. The molecule has 1 unspecified atom stereocenters. The van der Waals surface area contributed by atoms with Gasteiger partial charge in [0.2, 0.25) is 0 Å². The van der Waals surface area contributed by atoms with Gasteiger partial charge in [-0.1, -0.05) is 326 Å². The van der Waals surface area contributed by atoms with Crippen LogP contribution in [0.5, 0.6) is 0 Å². The molecule has 0 bridgehead atoms. The molecule has 0 aliphatic rings. The molecule has 0 saturated heterocycles. The molecular formula is C70H126O6. The molecule has 6 heteroatoms. The molecule has 0 aliphatic carbocycles. The van der Waals surface area contributed by atoms with Crippen molar-refractivity contribution in [1.29, 1.82) is 0 Å². The van der Waals surface area contributed by atoms with Crippen LogP contribution in [-0.2, 0) is 28.6 Å². The quantitative estimate of drug-likeness (QED) is 0.0261. The van der Waals surface area contributed by atoms with E-state index in [0.29, 0.717) is 19.3 Å². The number of esters is 3. The van der Waals surface area contributed by atoms with Crippen molar-refractivity contribution < 1.29 is 28.6 Å². The lowest BCUT2D eigenvalue weighted by Crippen LogP contribution is -2.30. The molecule has 0 spiro atoms. The fraction of sp³-hybridized carbons (Fsp3) is 0.814. The van der Waals surface area contributed by atoms with Crippen LogP contribution in [0, 0.1) is 0 Å². The second-order valence-electron chi connectivity index (χ2n) is 22.4. The molecule has 0 aromatic heterocycles. The summed E-state index contributed by atoms with van der Waals surface area (Å²) < 4.78 is 16.9. The first kappa shape index (κ1) is 73.1. The first-order chi connectivity index (χ1) is 37.5. The Morgan fingerprint density at radius 1 is 0.276 bits per heavy atom. The summed E-state index contributed by atoms with van der Waals surface area (Å²) >= 11 is 0. The van der Waals surface area contributed by atoms with E-state index in [1.54, 1.807) is 0 Å². The van der Waals surface area contributed by atoms with Gasteiger partial charge >= 0.3 is 17.9 Å². The van der Waals surface area contributed by atoms with Gasteiger partial charge in [-0.25, -0.2) is 0 Å². The molecule has 0 N–H and O–H groups in total. The number of hydrogen-bond donors (Lipinski definition) is 0. The normalized spacial score (nSPS) is 12.4. The van der Waals surface area contributed by atoms with E-state index in [0.717, 1.165) is 89.9 Å². The van der Waals surface area contributed by atoms with Crippen molar-refractivity contribution in [3.05, 3.63) is 60.8 Å². The van der Waals surface area contributed by atoms with Crippen LogP contribution < -0.4 is 0 Å². The Bertz CT molecular complexity index is 1360. The molecule has 0 aromatic carbocycles. The number of rotatable bonds is 61. The molecule has 0 fully saturated rings. The molecule has 0 rings (SSSR count). The lowest BCUT2D eigenvalue weighted by molar-refractivity contribution is -0.167. The minimum atomic E-state index is -0.769. The predicted octanol–water partition coefficient (Wildman–Crippen LogP) is 22.7. The van der Waals surface area contributed by atoms with Crippen LogP contribution in [0.1, 0.15) is 348 Å². The highest BCUT2D eigenvalue weighted by Crippen LogP contribution is 2.18. The highest BCUT2D eigenvalue weighted by Gasteiger charge is 2.19. The SMILES string of the molecule is CC/C=C\C/C=C\C/C=C\C/C=C\C/C=C\CCCCCCCCCCCCCCCCCC(=O)OCC(COC(=O)CCCCCCCCCCCCCCC)OC(=O)CCCCCCCCCCCCCCCC. The molecule has 0 saturated carbocycles. The second-order valence-corrected chi connectivity index (χ2v) is 22.4. The average molecular weight is 1060 g/mol. The van der Waals surface area contributed by atoms with Gasteiger partial charge in [-0.05, 0) is 64.2 Å². The molecular weight excluding hydrogens is 937 g/mol. The van der Waals surface area contributed by atoms with Gasteiger partial charge in [-0.15, -0.1) is 0 Å². The summed E-state index contributed by atoms with van der Waals surface area (Å²) in [5.41, 5.74) is 0. The standard InChI is InChI=1S/C70H126O6/c1-4-7-10-13-16-19-22-25-27-28-29-30-31-32-33-34-35-36-37-38-39-40-41-42-43-46-48-51-54-57-60-63-69(72)75-66-67(65-74-68(71)62-59-56-53-50-47-44-24-21-18-15-12-9-6-3)76-70(73)64-61-58-55-52-49-45-26-23-20-17-14-11-8-5-2/h7,10,16,19,25,27,29-30,32-33,67H,4-6,8-9,11-15,17-18,20-24,26,28,31,34-66H2,1-3H3/b10-7-,19-16-,27-25-,30-29-,33-32-. The lowest BCUT2D eigenvalue weighted by Gasteiger charge is -2.18. The molecule has 0 radical (unpaired) electrons. The Labute approximate surface area is 472 Å². The summed E-state index contributed by atoms with van der Waals surface area (Å²) in [6, 6.07) is 0. The molecule has 0 aliphatic heterocycles. The average Bonchev–Trinajstić information content (AvgIpc) is 3.42. The third kappa shape index (κ3) is 62.0. The van der Waals surface area contributed by atoms with E-state index in [9.17, 15) is 14.4 Å². The van der Waals surface area contributed by atoms with Gasteiger partial charge in [0.15, 0.2) is 6.10 Å². The fourth-order valence-electron chi connectivity index (χ4n) is 9.83. The van der Waals surface area contributed by atoms with E-state index < -0.39 is 6.10 Å². The molecule has 1 atom stereocenters. The summed E-state index contributed by atoms with van der Waals surface area (Å²) in [5.74, 6) is -0.844. The molecule has 0 heterocycles. The van der Waals surface area contributed by atoms with Crippen molar-refractivity contribution in [1.82, 2.24) is 0 Å². The van der Waals surface area contributed by atoms with Crippen molar-refractivity contribution >= 4 is 17.9 Å². The largest absolute Gasteiger partial charge is 0.462 e. The number of hydrogen-bond acceptors (Lipinski definition) is 6. The second kappa shape index (κ2) is 64.6. The van der Waals surface area contributed by atoms with Gasteiger partial charge in [0.25, 0.3) is 0 Å². The molecule has 0 amide bonds. The van der Waals surface area contributed by atoms with Crippen molar-refractivity contribution in [2.75, 3.05) is 13.2 Å². The number of carbonyl (C=O) groups is 3. The summed E-state index contributed by atoms with van der Waals surface area (Å²) in [6.07, 6.45) is 82.4. The number of carbonyl (C=O) groups excluding carboxylic acids is 3. The lowest BCUT2D eigenvalue weighted by atomic mass is 10.0. The van der Waals surface area contributed by atoms with E-state index in [1.807, 2.05) is 0 Å². The molecule has 6 nitrogen and oxygen atoms in total. The van der Waals surface area contributed by atoms with Crippen LogP contribution in [0.15, 0.2) is 60.8 Å². The van der Waals surface area contributed by atoms with Crippen LogP contribution in [0.25, 0.3) is 0 Å². The fourth-order valence-corrected chi connectivity index (χ4v) is 9.83. The van der Waals surface area contributed by atoms with E-state index in [1.165, 1.54) is 218 Å². The Balaban J connectivity index is 4.14. The van der Waals surface area contributed by atoms with Gasteiger partial charge in [0.05, 0.1) is 0 Å². The van der Waals surface area contributed by atoms with Crippen molar-refractivity contribution in [3.8, 4) is 0 Å². The zero-order valence-electron chi connectivity index (χ0n) is 50.8. The third-order valence-corrected chi connectivity index (χ3v) is 14.8. The van der Waals surface area contributed by atoms with Gasteiger partial charge < -0.3 is 14.2 Å². The Kier molecular flexibility index (Phi) is 62.2. The summed E-state index contributed by atoms with van der Waals surface area (Å²) in [7, 11) is 0. The van der Waals surface area contributed by atoms with Gasteiger partial charge in [0.1, 0.15) is 13.2 Å². The minimum absolute atomic E-state index is 0.0670. The van der Waals surface area contributed by atoms with Crippen LogP contribution in [-0.4, -0.2) is 37.2 Å². The maximum Gasteiger partial charge on any atom is 0.306 e.